The molecule has 22 heavy (non-hydrogen) atoms. The first kappa shape index (κ1) is 15.2. The fourth-order valence-corrected chi connectivity index (χ4v) is 3.58. The van der Waals surface area contributed by atoms with E-state index in [1.54, 1.807) is 6.07 Å². The molecule has 1 amide bonds. The number of piperidine rings is 1. The van der Waals surface area contributed by atoms with E-state index in [1.807, 2.05) is 17.9 Å². The van der Waals surface area contributed by atoms with E-state index in [0.717, 1.165) is 38.2 Å². The van der Waals surface area contributed by atoms with Crippen molar-refractivity contribution in [3.63, 3.8) is 0 Å². The van der Waals surface area contributed by atoms with Crippen LogP contribution in [0.3, 0.4) is 0 Å². The number of nitrogens with zero attached hydrogens (tertiary/aromatic N) is 2. The number of carbonyl (C=O) groups excluding carboxylic acids is 1. The number of nitrogens with two attached hydrogens (primary N) is 1. The van der Waals surface area contributed by atoms with Crippen LogP contribution in [-0.4, -0.2) is 48.7 Å². The predicted octanol–water partition coefficient (Wildman–Crippen LogP) is 0.901. The summed E-state index contributed by atoms with van der Waals surface area (Å²) in [5.41, 5.74) is 6.07. The van der Waals surface area contributed by atoms with Gasteiger partial charge in [0.25, 0.3) is 0 Å². The summed E-state index contributed by atoms with van der Waals surface area (Å²) >= 11 is 0. The quantitative estimate of drug-likeness (QED) is 0.871. The Morgan fingerprint density at radius 1 is 1.41 bits per heavy atom. The molecule has 6 heteroatoms. The van der Waals surface area contributed by atoms with Crippen LogP contribution in [0.5, 0.6) is 0 Å². The summed E-state index contributed by atoms with van der Waals surface area (Å²) in [4.78, 5) is 16.8. The molecule has 1 spiro atoms. The molecule has 2 aliphatic rings. The third-order valence-corrected chi connectivity index (χ3v) is 4.69. The van der Waals surface area contributed by atoms with Gasteiger partial charge in [-0.3, -0.25) is 4.79 Å². The zero-order valence-electron chi connectivity index (χ0n) is 12.9. The van der Waals surface area contributed by atoms with Crippen LogP contribution in [-0.2, 0) is 4.79 Å². The molecule has 1 atom stereocenters. The molecule has 2 heterocycles. The molecule has 0 aromatic heterocycles. The molecule has 0 aliphatic carbocycles. The fraction of sp³-hybridized carbons (Fsp3) is 0.562. The predicted molar refractivity (Wildman–Crippen MR) is 83.9 cm³/mol. The van der Waals surface area contributed by atoms with E-state index < -0.39 is 5.54 Å². The van der Waals surface area contributed by atoms with Gasteiger partial charge in [0.15, 0.2) is 0 Å². The number of rotatable bonds is 3. The number of benzene rings is 1. The Morgan fingerprint density at radius 3 is 2.77 bits per heavy atom. The van der Waals surface area contributed by atoms with Crippen molar-refractivity contribution in [1.82, 2.24) is 10.2 Å². The number of carbonyl (C=O) groups is 1. The van der Waals surface area contributed by atoms with Crippen LogP contribution in [0.1, 0.15) is 19.8 Å². The maximum absolute atomic E-state index is 13.5. The molecule has 120 valence electrons. The van der Waals surface area contributed by atoms with E-state index in [1.165, 1.54) is 12.1 Å². The van der Waals surface area contributed by atoms with Crippen LogP contribution >= 0.6 is 0 Å². The summed E-state index contributed by atoms with van der Waals surface area (Å²) < 4.78 is 13.5. The number of anilines is 1. The van der Waals surface area contributed by atoms with Crippen molar-refractivity contribution < 1.29 is 9.18 Å². The maximum Gasteiger partial charge on any atom is 0.247 e. The van der Waals surface area contributed by atoms with Crippen LogP contribution in [0, 0.1) is 5.82 Å². The topological polar surface area (TPSA) is 61.6 Å². The van der Waals surface area contributed by atoms with Crippen LogP contribution in [0.2, 0.25) is 0 Å². The molecule has 2 fully saturated rings. The van der Waals surface area contributed by atoms with E-state index in [9.17, 15) is 9.18 Å². The number of nitrogens with one attached hydrogen (secondary N) is 1. The minimum absolute atomic E-state index is 0.0530. The molecule has 0 unspecified atom stereocenters. The van der Waals surface area contributed by atoms with Gasteiger partial charge >= 0.3 is 0 Å². The molecule has 1 aromatic rings. The standard InChI is InChI=1S/C16H23FN4O/c1-12(18)10-20-7-5-16(6-8-20)15(22)19-11-21(16)14-4-2-3-13(17)9-14/h2-4,9,12H,5-8,10-11,18H2,1H3,(H,19,22)/t12-/m0/s1. The summed E-state index contributed by atoms with van der Waals surface area (Å²) in [5.74, 6) is -0.224. The van der Waals surface area contributed by atoms with Crippen molar-refractivity contribution in [3.05, 3.63) is 30.1 Å². The van der Waals surface area contributed by atoms with Crippen LogP contribution in [0.4, 0.5) is 10.1 Å². The van der Waals surface area contributed by atoms with Gasteiger partial charge in [-0.2, -0.15) is 0 Å². The molecule has 2 saturated heterocycles. The van der Waals surface area contributed by atoms with Gasteiger partial charge < -0.3 is 20.9 Å². The van der Waals surface area contributed by atoms with E-state index in [2.05, 4.69) is 10.2 Å². The number of amides is 1. The highest BCUT2D eigenvalue weighted by atomic mass is 19.1. The van der Waals surface area contributed by atoms with Gasteiger partial charge in [0.2, 0.25) is 5.91 Å². The zero-order valence-corrected chi connectivity index (χ0v) is 12.9. The molecule has 0 bridgehead atoms. The Bertz CT molecular complexity index is 555. The summed E-state index contributed by atoms with van der Waals surface area (Å²) in [5, 5.41) is 2.93. The van der Waals surface area contributed by atoms with Crippen molar-refractivity contribution in [2.45, 2.75) is 31.3 Å². The molecule has 1 aromatic carbocycles. The third kappa shape index (κ3) is 2.68. The second kappa shape index (κ2) is 5.85. The van der Waals surface area contributed by atoms with E-state index >= 15 is 0 Å². The second-order valence-electron chi connectivity index (χ2n) is 6.38. The lowest BCUT2D eigenvalue weighted by molar-refractivity contribution is -0.125. The lowest BCUT2D eigenvalue weighted by atomic mass is 9.85. The molecular weight excluding hydrogens is 283 g/mol. The van der Waals surface area contributed by atoms with E-state index in [0.29, 0.717) is 6.67 Å². The largest absolute Gasteiger partial charge is 0.339 e. The summed E-state index contributed by atoms with van der Waals surface area (Å²) in [6.07, 6.45) is 1.48. The number of likely N-dealkylation sites (tertiary alicyclic amines) is 1. The highest BCUT2D eigenvalue weighted by molar-refractivity contribution is 5.93. The fourth-order valence-electron chi connectivity index (χ4n) is 3.58. The maximum atomic E-state index is 13.5. The Balaban J connectivity index is 1.80. The average molecular weight is 306 g/mol. The van der Waals surface area contributed by atoms with Crippen molar-refractivity contribution in [1.29, 1.82) is 0 Å². The highest BCUT2D eigenvalue weighted by Gasteiger charge is 2.50. The van der Waals surface area contributed by atoms with Crippen molar-refractivity contribution in [3.8, 4) is 0 Å². The second-order valence-corrected chi connectivity index (χ2v) is 6.38. The van der Waals surface area contributed by atoms with Crippen LogP contribution < -0.4 is 16.0 Å². The van der Waals surface area contributed by atoms with Gasteiger partial charge in [-0.25, -0.2) is 4.39 Å². The molecular formula is C16H23FN4O. The lowest BCUT2D eigenvalue weighted by Gasteiger charge is -2.43. The number of hydrogen-bond donors (Lipinski definition) is 2. The smallest absolute Gasteiger partial charge is 0.247 e. The molecule has 0 radical (unpaired) electrons. The normalized spacial score (nSPS) is 22.9. The first-order chi connectivity index (χ1) is 10.5. The SMILES string of the molecule is C[C@H](N)CN1CCC2(CC1)C(=O)NCN2c1cccc(F)c1. The number of halogens is 1. The summed E-state index contributed by atoms with van der Waals surface area (Å²) in [6, 6.07) is 6.60. The van der Waals surface area contributed by atoms with Gasteiger partial charge in [-0.1, -0.05) is 6.07 Å². The van der Waals surface area contributed by atoms with Crippen molar-refractivity contribution >= 4 is 11.6 Å². The lowest BCUT2D eigenvalue weighted by Crippen LogP contribution is -2.57. The van der Waals surface area contributed by atoms with Gasteiger partial charge in [0, 0.05) is 31.4 Å². The van der Waals surface area contributed by atoms with E-state index in [4.69, 9.17) is 5.73 Å². The van der Waals surface area contributed by atoms with Crippen LogP contribution in [0.25, 0.3) is 0 Å². The molecule has 3 rings (SSSR count). The summed E-state index contributed by atoms with van der Waals surface area (Å²) in [7, 11) is 0. The van der Waals surface area contributed by atoms with Gasteiger partial charge in [-0.15, -0.1) is 0 Å². The first-order valence-corrected chi connectivity index (χ1v) is 7.81. The Hall–Kier alpha value is -1.66. The summed E-state index contributed by atoms with van der Waals surface area (Å²) in [6.45, 7) is 4.94. The minimum Gasteiger partial charge on any atom is -0.339 e. The van der Waals surface area contributed by atoms with Crippen LogP contribution in [0.15, 0.2) is 24.3 Å². The van der Waals surface area contributed by atoms with Gasteiger partial charge in [-0.05, 0) is 38.0 Å². The first-order valence-electron chi connectivity index (χ1n) is 7.81. The average Bonchev–Trinajstić information content (AvgIpc) is 2.78. The van der Waals surface area contributed by atoms with Crippen molar-refractivity contribution in [2.24, 2.45) is 5.73 Å². The third-order valence-electron chi connectivity index (χ3n) is 4.69. The number of hydrogen-bond acceptors (Lipinski definition) is 4. The van der Waals surface area contributed by atoms with Gasteiger partial charge in [0.05, 0.1) is 6.67 Å². The van der Waals surface area contributed by atoms with E-state index in [-0.39, 0.29) is 17.8 Å². The molecule has 2 aliphatic heterocycles. The van der Waals surface area contributed by atoms with Crippen molar-refractivity contribution in [2.75, 3.05) is 31.2 Å². The Kier molecular flexibility index (Phi) is 4.06. The zero-order chi connectivity index (χ0) is 15.7. The minimum atomic E-state index is -0.553. The Labute approximate surface area is 130 Å². The molecule has 0 saturated carbocycles. The highest BCUT2D eigenvalue weighted by Crippen LogP contribution is 2.36. The molecule has 3 N–H and O–H groups in total. The Morgan fingerprint density at radius 2 is 2.14 bits per heavy atom. The van der Waals surface area contributed by atoms with Gasteiger partial charge in [0.1, 0.15) is 11.4 Å². The monoisotopic (exact) mass is 306 g/mol. The molecule has 5 nitrogen and oxygen atoms in total.